The third kappa shape index (κ3) is 4.60. The second kappa shape index (κ2) is 8.29. The lowest BCUT2D eigenvalue weighted by molar-refractivity contribution is -0.137. The average molecular weight is 387 g/mol. The molecule has 0 fully saturated rings. The molecular weight excluding hydrogens is 367 g/mol. The van der Waals surface area contributed by atoms with Gasteiger partial charge in [0, 0.05) is 20.1 Å². The minimum Gasteiger partial charge on any atom is -0.333 e. The van der Waals surface area contributed by atoms with E-state index < -0.39 is 11.7 Å². The molecule has 1 amide bonds. The molecule has 0 atom stereocenters. The molecule has 0 saturated heterocycles. The zero-order valence-corrected chi connectivity index (χ0v) is 15.4. The number of nitrogens with zero attached hydrogens (tertiary/aromatic N) is 3. The first-order valence-corrected chi connectivity index (χ1v) is 8.81. The molecule has 28 heavy (non-hydrogen) atoms. The fourth-order valence-corrected chi connectivity index (χ4v) is 3.02. The largest absolute Gasteiger partial charge is 0.416 e. The van der Waals surface area contributed by atoms with E-state index in [1.165, 1.54) is 23.3 Å². The molecule has 2 heterocycles. The van der Waals surface area contributed by atoms with Crippen molar-refractivity contribution in [2.75, 3.05) is 6.54 Å². The van der Waals surface area contributed by atoms with Gasteiger partial charge < -0.3 is 9.47 Å². The quantitative estimate of drug-likeness (QED) is 0.624. The maximum atomic E-state index is 12.4. The van der Waals surface area contributed by atoms with Gasteiger partial charge >= 0.3 is 6.18 Å². The van der Waals surface area contributed by atoms with E-state index >= 15 is 0 Å². The summed E-state index contributed by atoms with van der Waals surface area (Å²) in [6.45, 7) is 1.47. The summed E-state index contributed by atoms with van der Waals surface area (Å²) in [5.74, 6) is 0.0597. The Labute approximate surface area is 161 Å². The number of carbonyl (C=O) groups is 1. The van der Waals surface area contributed by atoms with Crippen molar-refractivity contribution < 1.29 is 18.0 Å². The minimum absolute atomic E-state index is 0.0597. The summed E-state index contributed by atoms with van der Waals surface area (Å²) in [6.07, 6.45) is 0.00892. The first-order valence-electron chi connectivity index (χ1n) is 8.81. The molecule has 0 N–H and O–H groups in total. The van der Waals surface area contributed by atoms with Gasteiger partial charge in [0.1, 0.15) is 5.69 Å². The van der Waals surface area contributed by atoms with Gasteiger partial charge in [-0.3, -0.25) is 4.79 Å². The highest BCUT2D eigenvalue weighted by Gasteiger charge is 2.29. The van der Waals surface area contributed by atoms with Crippen molar-refractivity contribution in [1.82, 2.24) is 14.5 Å². The second-order valence-electron chi connectivity index (χ2n) is 6.50. The van der Waals surface area contributed by atoms with Gasteiger partial charge in [-0.05, 0) is 17.5 Å². The van der Waals surface area contributed by atoms with Gasteiger partial charge in [-0.25, -0.2) is 4.98 Å². The van der Waals surface area contributed by atoms with Crippen LogP contribution in [0, 0.1) is 0 Å². The van der Waals surface area contributed by atoms with Crippen molar-refractivity contribution in [3.05, 3.63) is 89.5 Å². The number of aromatic nitrogens is 2. The number of imidazole rings is 1. The van der Waals surface area contributed by atoms with Gasteiger partial charge in [-0.15, -0.1) is 0 Å². The topological polar surface area (TPSA) is 38.1 Å². The first-order chi connectivity index (χ1) is 13.4. The van der Waals surface area contributed by atoms with Crippen LogP contribution in [0.3, 0.4) is 0 Å². The maximum Gasteiger partial charge on any atom is 0.416 e. The van der Waals surface area contributed by atoms with Crippen molar-refractivity contribution >= 4 is 5.91 Å². The number of rotatable bonds is 1. The molecule has 0 bridgehead atoms. The number of hydrogen-bond donors (Lipinski definition) is 0. The molecule has 4 nitrogen and oxygen atoms in total. The van der Waals surface area contributed by atoms with Crippen LogP contribution in [0.2, 0.25) is 0 Å². The van der Waals surface area contributed by atoms with Gasteiger partial charge in [0.25, 0.3) is 5.91 Å². The van der Waals surface area contributed by atoms with Crippen molar-refractivity contribution in [2.45, 2.75) is 19.1 Å². The number of benzene rings is 2. The Morgan fingerprint density at radius 1 is 1.00 bits per heavy atom. The highest BCUT2D eigenvalue weighted by atomic mass is 19.4. The molecule has 3 aromatic rings. The number of halogens is 3. The Morgan fingerprint density at radius 2 is 1.64 bits per heavy atom. The summed E-state index contributed by atoms with van der Waals surface area (Å²) in [5.41, 5.74) is 2.65. The van der Waals surface area contributed by atoms with E-state index in [-0.39, 0.29) is 5.91 Å². The third-order valence-electron chi connectivity index (χ3n) is 4.55. The van der Waals surface area contributed by atoms with Gasteiger partial charge in [-0.1, -0.05) is 54.6 Å². The lowest BCUT2D eigenvalue weighted by atomic mass is 10.00. The monoisotopic (exact) mass is 387 g/mol. The number of hydrogen-bond acceptors (Lipinski definition) is 2. The van der Waals surface area contributed by atoms with Crippen LogP contribution >= 0.6 is 0 Å². The highest BCUT2D eigenvalue weighted by molar-refractivity contribution is 5.92. The fraction of sp³-hybridized carbons (Fsp3) is 0.238. The number of amides is 1. The summed E-state index contributed by atoms with van der Waals surface area (Å²) >= 11 is 0. The molecule has 1 aliphatic rings. The van der Waals surface area contributed by atoms with E-state index in [4.69, 9.17) is 0 Å². The summed E-state index contributed by atoms with van der Waals surface area (Å²) in [5, 5.41) is 0. The minimum atomic E-state index is -4.21. The SMILES string of the molecule is Cn1cncc1C(=O)N1CCc2ccccc2C1.FC(F)(F)c1ccccc1. The van der Waals surface area contributed by atoms with Gasteiger partial charge in [0.05, 0.1) is 18.1 Å². The van der Waals surface area contributed by atoms with Gasteiger partial charge in [0.15, 0.2) is 0 Å². The summed E-state index contributed by atoms with van der Waals surface area (Å²) in [4.78, 5) is 18.2. The zero-order chi connectivity index (χ0) is 20.1. The number of alkyl halides is 3. The molecule has 0 saturated carbocycles. The van der Waals surface area contributed by atoms with Crippen LogP contribution in [0.1, 0.15) is 27.2 Å². The molecule has 0 aliphatic carbocycles. The standard InChI is InChI=1S/C14H15N3O.C7H5F3/c1-16-10-15-8-13(16)14(18)17-7-6-11-4-2-3-5-12(11)9-17;8-7(9,10)6-4-2-1-3-5-6/h2-5,8,10H,6-7,9H2,1H3;1-5H. The van der Waals surface area contributed by atoms with Crippen LogP contribution in [-0.4, -0.2) is 26.9 Å². The van der Waals surface area contributed by atoms with Crippen molar-refractivity contribution in [3.63, 3.8) is 0 Å². The molecule has 146 valence electrons. The van der Waals surface area contributed by atoms with E-state index in [9.17, 15) is 18.0 Å². The Bertz CT molecular complexity index is 935. The summed E-state index contributed by atoms with van der Waals surface area (Å²) in [6, 6.07) is 14.7. The Balaban J connectivity index is 0.000000192. The Hall–Kier alpha value is -3.09. The van der Waals surface area contributed by atoms with Crippen LogP contribution < -0.4 is 0 Å². The number of fused-ring (bicyclic) bond motifs is 1. The molecule has 2 aromatic carbocycles. The van der Waals surface area contributed by atoms with Crippen molar-refractivity contribution in [3.8, 4) is 0 Å². The molecule has 0 unspecified atom stereocenters. The lowest BCUT2D eigenvalue weighted by Crippen LogP contribution is -2.36. The van der Waals surface area contributed by atoms with E-state index in [2.05, 4.69) is 23.2 Å². The van der Waals surface area contributed by atoms with Crippen LogP contribution in [-0.2, 0) is 26.2 Å². The highest BCUT2D eigenvalue weighted by Crippen LogP contribution is 2.28. The normalized spacial score (nSPS) is 13.4. The molecule has 7 heteroatoms. The van der Waals surface area contributed by atoms with Gasteiger partial charge in [-0.2, -0.15) is 13.2 Å². The zero-order valence-electron chi connectivity index (χ0n) is 15.4. The second-order valence-corrected chi connectivity index (χ2v) is 6.50. The molecule has 1 aliphatic heterocycles. The maximum absolute atomic E-state index is 12.4. The predicted octanol–water partition coefficient (Wildman–Crippen LogP) is 4.32. The molecule has 4 rings (SSSR count). The van der Waals surface area contributed by atoms with Crippen LogP contribution in [0.5, 0.6) is 0 Å². The van der Waals surface area contributed by atoms with Crippen LogP contribution in [0.25, 0.3) is 0 Å². The van der Waals surface area contributed by atoms with E-state index in [0.29, 0.717) is 12.2 Å². The van der Waals surface area contributed by atoms with Crippen LogP contribution in [0.15, 0.2) is 67.1 Å². The predicted molar refractivity (Wildman–Crippen MR) is 99.5 cm³/mol. The average Bonchev–Trinajstić information content (AvgIpc) is 3.13. The van der Waals surface area contributed by atoms with Crippen molar-refractivity contribution in [2.24, 2.45) is 7.05 Å². The Morgan fingerprint density at radius 3 is 2.21 bits per heavy atom. The van der Waals surface area contributed by atoms with E-state index in [1.54, 1.807) is 23.2 Å². The summed E-state index contributed by atoms with van der Waals surface area (Å²) < 4.78 is 37.1. The Kier molecular flexibility index (Phi) is 5.82. The molecule has 0 spiro atoms. The van der Waals surface area contributed by atoms with Crippen molar-refractivity contribution in [1.29, 1.82) is 0 Å². The number of aryl methyl sites for hydroxylation is 1. The van der Waals surface area contributed by atoms with Crippen LogP contribution in [0.4, 0.5) is 13.2 Å². The molecular formula is C21H20F3N3O. The smallest absolute Gasteiger partial charge is 0.333 e. The fourth-order valence-electron chi connectivity index (χ4n) is 3.02. The first kappa shape index (κ1) is 19.7. The third-order valence-corrected chi connectivity index (χ3v) is 4.55. The lowest BCUT2D eigenvalue weighted by Gasteiger charge is -2.28. The van der Waals surface area contributed by atoms with Gasteiger partial charge in [0.2, 0.25) is 0 Å². The van der Waals surface area contributed by atoms with E-state index in [1.807, 2.05) is 18.0 Å². The summed E-state index contributed by atoms with van der Waals surface area (Å²) in [7, 11) is 1.85. The molecule has 0 radical (unpaired) electrons. The number of carbonyl (C=O) groups excluding carboxylic acids is 1. The molecule has 1 aromatic heterocycles. The van der Waals surface area contributed by atoms with E-state index in [0.717, 1.165) is 25.1 Å².